The van der Waals surface area contributed by atoms with Gasteiger partial charge in [0.25, 0.3) is 0 Å². The molecule has 0 fully saturated rings. The average Bonchev–Trinajstić information content (AvgIpc) is 2.67. The molecular weight excluding hydrogens is 398 g/mol. The number of rotatable bonds is 6. The predicted molar refractivity (Wildman–Crippen MR) is 115 cm³/mol. The molecular formula is C20H26ClN3O3S. The average molecular weight is 424 g/mol. The summed E-state index contributed by atoms with van der Waals surface area (Å²) in [7, 11) is 1.35. The standard InChI is InChI=1S/C20H26ClN3O3S/c1-6-24-12(2)15(17(25)27-5)16(23-19(24)28)13-8-7-9-14(10-13)22-18(26)20(3,4)11-21/h7-10,16H,6,11H2,1-5H3,(H,22,26)(H,23,28). The zero-order chi connectivity index (χ0) is 21.1. The van der Waals surface area contributed by atoms with Crippen LogP contribution in [0.3, 0.4) is 0 Å². The van der Waals surface area contributed by atoms with Gasteiger partial charge in [0, 0.05) is 23.8 Å². The highest BCUT2D eigenvalue weighted by molar-refractivity contribution is 7.80. The monoisotopic (exact) mass is 423 g/mol. The summed E-state index contributed by atoms with van der Waals surface area (Å²) in [5.41, 5.74) is 1.95. The van der Waals surface area contributed by atoms with Gasteiger partial charge in [-0.25, -0.2) is 4.79 Å². The molecule has 0 aromatic heterocycles. The molecule has 1 aliphatic heterocycles. The van der Waals surface area contributed by atoms with E-state index >= 15 is 0 Å². The van der Waals surface area contributed by atoms with E-state index in [0.29, 0.717) is 22.9 Å². The van der Waals surface area contributed by atoms with Gasteiger partial charge in [-0.05, 0) is 57.6 Å². The van der Waals surface area contributed by atoms with Crippen molar-refractivity contribution >= 4 is 46.5 Å². The molecule has 0 spiro atoms. The second-order valence-electron chi connectivity index (χ2n) is 7.21. The number of esters is 1. The fraction of sp³-hybridized carbons (Fsp3) is 0.450. The van der Waals surface area contributed by atoms with Gasteiger partial charge in [0.1, 0.15) is 0 Å². The van der Waals surface area contributed by atoms with Gasteiger partial charge < -0.3 is 20.3 Å². The quantitative estimate of drug-likeness (QED) is 0.414. The van der Waals surface area contributed by atoms with Crippen molar-refractivity contribution in [2.24, 2.45) is 5.41 Å². The third kappa shape index (κ3) is 4.47. The minimum Gasteiger partial charge on any atom is -0.466 e. The fourth-order valence-corrected chi connectivity index (χ4v) is 3.45. The van der Waals surface area contributed by atoms with Gasteiger partial charge in [0.2, 0.25) is 5.91 Å². The minimum absolute atomic E-state index is 0.177. The number of halogens is 1. The topological polar surface area (TPSA) is 70.7 Å². The summed E-state index contributed by atoms with van der Waals surface area (Å²) in [6.45, 7) is 8.00. The number of nitrogens with zero attached hydrogens (tertiary/aromatic N) is 1. The second kappa shape index (κ2) is 8.92. The largest absolute Gasteiger partial charge is 0.466 e. The van der Waals surface area contributed by atoms with E-state index in [1.165, 1.54) is 7.11 Å². The number of carbonyl (C=O) groups excluding carboxylic acids is 2. The molecule has 0 saturated heterocycles. The first-order chi connectivity index (χ1) is 13.2. The molecule has 6 nitrogen and oxygen atoms in total. The Bertz CT molecular complexity index is 823. The Kier molecular flexibility index (Phi) is 7.06. The maximum Gasteiger partial charge on any atom is 0.337 e. The van der Waals surface area contributed by atoms with Crippen LogP contribution in [-0.2, 0) is 14.3 Å². The Morgan fingerprint density at radius 2 is 2.07 bits per heavy atom. The Morgan fingerprint density at radius 1 is 1.39 bits per heavy atom. The van der Waals surface area contributed by atoms with Crippen LogP contribution in [0.2, 0.25) is 0 Å². The number of hydrogen-bond acceptors (Lipinski definition) is 4. The number of methoxy groups -OCH3 is 1. The van der Waals surface area contributed by atoms with Crippen molar-refractivity contribution in [3.8, 4) is 0 Å². The Hall–Kier alpha value is -2.12. The molecule has 152 valence electrons. The number of nitrogens with one attached hydrogen (secondary N) is 2. The molecule has 1 unspecified atom stereocenters. The third-order valence-electron chi connectivity index (χ3n) is 4.74. The van der Waals surface area contributed by atoms with E-state index in [1.54, 1.807) is 19.9 Å². The maximum atomic E-state index is 12.5. The van der Waals surface area contributed by atoms with Gasteiger partial charge in [0.15, 0.2) is 5.11 Å². The van der Waals surface area contributed by atoms with Crippen molar-refractivity contribution in [1.82, 2.24) is 10.2 Å². The van der Waals surface area contributed by atoms with E-state index in [2.05, 4.69) is 10.6 Å². The highest BCUT2D eigenvalue weighted by Gasteiger charge is 2.34. The van der Waals surface area contributed by atoms with Crippen LogP contribution in [0.1, 0.15) is 39.3 Å². The van der Waals surface area contributed by atoms with Crippen molar-refractivity contribution < 1.29 is 14.3 Å². The van der Waals surface area contributed by atoms with Crippen LogP contribution < -0.4 is 10.6 Å². The Balaban J connectivity index is 2.43. The fourth-order valence-electron chi connectivity index (χ4n) is 2.94. The Morgan fingerprint density at radius 3 is 2.64 bits per heavy atom. The zero-order valence-corrected chi connectivity index (χ0v) is 18.3. The van der Waals surface area contributed by atoms with Crippen LogP contribution in [0.25, 0.3) is 0 Å². The highest BCUT2D eigenvalue weighted by atomic mass is 35.5. The van der Waals surface area contributed by atoms with Crippen molar-refractivity contribution in [2.45, 2.75) is 33.7 Å². The molecule has 2 N–H and O–H groups in total. The van der Waals surface area contributed by atoms with Gasteiger partial charge in [-0.3, -0.25) is 4.79 Å². The smallest absolute Gasteiger partial charge is 0.337 e. The molecule has 1 aliphatic rings. The Labute approximate surface area is 176 Å². The molecule has 28 heavy (non-hydrogen) atoms. The van der Waals surface area contributed by atoms with E-state index in [4.69, 9.17) is 28.6 Å². The van der Waals surface area contributed by atoms with Crippen molar-refractivity contribution in [3.05, 3.63) is 41.1 Å². The third-order valence-corrected chi connectivity index (χ3v) is 5.75. The lowest BCUT2D eigenvalue weighted by atomic mass is 9.93. The number of anilines is 1. The summed E-state index contributed by atoms with van der Waals surface area (Å²) in [5.74, 6) is -0.393. The second-order valence-corrected chi connectivity index (χ2v) is 7.87. The number of hydrogen-bond donors (Lipinski definition) is 2. The number of alkyl halides is 1. The van der Waals surface area contributed by atoms with Crippen LogP contribution in [0.5, 0.6) is 0 Å². The van der Waals surface area contributed by atoms with Gasteiger partial charge in [-0.2, -0.15) is 0 Å². The van der Waals surface area contributed by atoms with Crippen LogP contribution in [0.15, 0.2) is 35.5 Å². The van der Waals surface area contributed by atoms with Crippen molar-refractivity contribution in [1.29, 1.82) is 0 Å². The first-order valence-corrected chi connectivity index (χ1v) is 9.95. The number of benzene rings is 1. The first kappa shape index (κ1) is 22.2. The number of ether oxygens (including phenoxy) is 1. The molecule has 1 amide bonds. The maximum absolute atomic E-state index is 12.5. The number of thiocarbonyl (C=S) groups is 1. The first-order valence-electron chi connectivity index (χ1n) is 9.00. The van der Waals surface area contributed by atoms with Gasteiger partial charge in [-0.1, -0.05) is 12.1 Å². The zero-order valence-electron chi connectivity index (χ0n) is 16.8. The SMILES string of the molecule is CCN1C(=S)NC(c2cccc(NC(=O)C(C)(C)CCl)c2)C(C(=O)OC)=C1C. The van der Waals surface area contributed by atoms with Gasteiger partial charge in [-0.15, -0.1) is 11.6 Å². The lowest BCUT2D eigenvalue weighted by Crippen LogP contribution is -2.47. The molecule has 8 heteroatoms. The molecule has 1 heterocycles. The molecule has 0 saturated carbocycles. The summed E-state index contributed by atoms with van der Waals surface area (Å²) in [5, 5.41) is 6.64. The number of amides is 1. The summed E-state index contributed by atoms with van der Waals surface area (Å²) < 4.78 is 5.00. The van der Waals surface area contributed by atoms with Gasteiger partial charge >= 0.3 is 5.97 Å². The van der Waals surface area contributed by atoms with Crippen molar-refractivity contribution in [2.75, 3.05) is 24.9 Å². The predicted octanol–water partition coefficient (Wildman–Crippen LogP) is 3.59. The molecule has 1 aromatic carbocycles. The lowest BCUT2D eigenvalue weighted by molar-refractivity contribution is -0.136. The van der Waals surface area contributed by atoms with E-state index in [9.17, 15) is 9.59 Å². The minimum atomic E-state index is -0.697. The summed E-state index contributed by atoms with van der Waals surface area (Å²) in [6.07, 6.45) is 0. The van der Waals surface area contributed by atoms with E-state index in [0.717, 1.165) is 11.3 Å². The molecule has 0 radical (unpaired) electrons. The molecule has 0 bridgehead atoms. The molecule has 2 rings (SSSR count). The van der Waals surface area contributed by atoms with Crippen molar-refractivity contribution in [3.63, 3.8) is 0 Å². The van der Waals surface area contributed by atoms with Gasteiger partial charge in [0.05, 0.1) is 24.1 Å². The molecule has 1 aromatic rings. The lowest BCUT2D eigenvalue weighted by Gasteiger charge is -2.37. The van der Waals surface area contributed by atoms with E-state index in [1.807, 2.05) is 36.9 Å². The summed E-state index contributed by atoms with van der Waals surface area (Å²) in [6, 6.07) is 6.83. The normalized spacial score (nSPS) is 17.3. The summed E-state index contributed by atoms with van der Waals surface area (Å²) >= 11 is 11.4. The van der Waals surface area contributed by atoms with Crippen LogP contribution in [0, 0.1) is 5.41 Å². The van der Waals surface area contributed by atoms with Crippen LogP contribution >= 0.6 is 23.8 Å². The molecule has 1 atom stereocenters. The van der Waals surface area contributed by atoms with Crippen LogP contribution in [0.4, 0.5) is 5.69 Å². The van der Waals surface area contributed by atoms with Crippen LogP contribution in [-0.4, -0.2) is 41.4 Å². The van der Waals surface area contributed by atoms with E-state index < -0.39 is 17.4 Å². The number of carbonyl (C=O) groups is 2. The molecule has 0 aliphatic carbocycles. The highest BCUT2D eigenvalue weighted by Crippen LogP contribution is 2.32. The summed E-state index contributed by atoms with van der Waals surface area (Å²) in [4.78, 5) is 26.8. The van der Waals surface area contributed by atoms with E-state index in [-0.39, 0.29) is 11.8 Å². The number of allylic oxidation sites excluding steroid dienone is 1.